The van der Waals surface area contributed by atoms with Gasteiger partial charge in [-0.15, -0.1) is 0 Å². The van der Waals surface area contributed by atoms with Gasteiger partial charge in [-0.1, -0.05) is 6.07 Å². The quantitative estimate of drug-likeness (QED) is 0.508. The first-order valence-electron chi connectivity index (χ1n) is 5.52. The van der Waals surface area contributed by atoms with Crippen molar-refractivity contribution >= 4 is 5.97 Å². The van der Waals surface area contributed by atoms with Gasteiger partial charge in [0.25, 0.3) is 0 Å². The molecule has 19 heavy (non-hydrogen) atoms. The first-order chi connectivity index (χ1) is 8.99. The molecule has 0 spiro atoms. The van der Waals surface area contributed by atoms with Crippen LogP contribution < -0.4 is 5.73 Å². The minimum atomic E-state index is -1.10. The van der Waals surface area contributed by atoms with Crippen LogP contribution in [0.1, 0.15) is 5.69 Å². The van der Waals surface area contributed by atoms with Crippen molar-refractivity contribution in [3.05, 3.63) is 30.1 Å². The number of nitrogens with one attached hydrogen (secondary N) is 1. The molecule has 1 heterocycles. The van der Waals surface area contributed by atoms with E-state index in [0.717, 1.165) is 0 Å². The van der Waals surface area contributed by atoms with Crippen molar-refractivity contribution in [1.29, 1.82) is 0 Å². The van der Waals surface area contributed by atoms with Gasteiger partial charge in [-0.2, -0.15) is 0 Å². The Morgan fingerprint density at radius 1 is 1.42 bits per heavy atom. The first kappa shape index (κ1) is 12.9. The molecule has 6 N–H and O–H groups in total. The Bertz CT molecular complexity index is 609. The second kappa shape index (κ2) is 4.99. The van der Waals surface area contributed by atoms with E-state index in [9.17, 15) is 15.0 Å². The van der Waals surface area contributed by atoms with Crippen molar-refractivity contribution in [2.45, 2.75) is 12.5 Å². The number of carboxylic acids is 1. The molecule has 0 aliphatic heterocycles. The molecule has 0 amide bonds. The maximum Gasteiger partial charge on any atom is 0.320 e. The van der Waals surface area contributed by atoms with Crippen LogP contribution >= 0.6 is 0 Å². The molecule has 0 aliphatic rings. The average molecular weight is 263 g/mol. The summed E-state index contributed by atoms with van der Waals surface area (Å²) in [6, 6.07) is 3.47. The number of aromatic amines is 1. The molecule has 1 unspecified atom stereocenters. The zero-order valence-corrected chi connectivity index (χ0v) is 9.87. The third-order valence-electron chi connectivity index (χ3n) is 2.66. The summed E-state index contributed by atoms with van der Waals surface area (Å²) in [5, 5.41) is 27.8. The van der Waals surface area contributed by atoms with Gasteiger partial charge >= 0.3 is 5.97 Å². The number of carboxylic acid groups (broad SMARTS) is 1. The lowest BCUT2D eigenvalue weighted by atomic mass is 10.1. The Morgan fingerprint density at radius 2 is 2.16 bits per heavy atom. The number of carbonyl (C=O) groups is 1. The molecule has 1 aromatic carbocycles. The number of H-pyrrole nitrogens is 1. The number of aliphatic carboxylic acids is 1. The van der Waals surface area contributed by atoms with E-state index in [1.54, 1.807) is 12.1 Å². The number of para-hydroxylation sites is 1. The van der Waals surface area contributed by atoms with Gasteiger partial charge < -0.3 is 26.0 Å². The largest absolute Gasteiger partial charge is 0.504 e. The number of aromatic nitrogens is 2. The van der Waals surface area contributed by atoms with E-state index in [4.69, 9.17) is 10.8 Å². The second-order valence-electron chi connectivity index (χ2n) is 4.08. The Morgan fingerprint density at radius 3 is 2.84 bits per heavy atom. The molecule has 0 saturated heterocycles. The predicted molar refractivity (Wildman–Crippen MR) is 66.7 cm³/mol. The minimum absolute atomic E-state index is 0.0991. The van der Waals surface area contributed by atoms with Crippen molar-refractivity contribution in [2.24, 2.45) is 5.73 Å². The number of hydrogen-bond acceptors (Lipinski definition) is 5. The zero-order valence-electron chi connectivity index (χ0n) is 9.87. The third-order valence-corrected chi connectivity index (χ3v) is 2.66. The number of hydrogen-bond donors (Lipinski definition) is 5. The minimum Gasteiger partial charge on any atom is -0.504 e. The SMILES string of the molecule is NC(Cc1cnc(-c2cccc(O)c2O)[nH]1)C(=O)O. The molecule has 100 valence electrons. The summed E-state index contributed by atoms with van der Waals surface area (Å²) >= 11 is 0. The molecule has 0 bridgehead atoms. The van der Waals surface area contributed by atoms with Crippen LogP contribution in [0.2, 0.25) is 0 Å². The number of nitrogens with zero attached hydrogens (tertiary/aromatic N) is 1. The highest BCUT2D eigenvalue weighted by Crippen LogP contribution is 2.34. The molecule has 1 aromatic heterocycles. The van der Waals surface area contributed by atoms with Gasteiger partial charge in [0, 0.05) is 18.3 Å². The number of phenolic OH excluding ortho intramolecular Hbond substituents is 2. The van der Waals surface area contributed by atoms with Gasteiger partial charge in [0.2, 0.25) is 0 Å². The van der Waals surface area contributed by atoms with Crippen LogP contribution in [-0.2, 0) is 11.2 Å². The second-order valence-corrected chi connectivity index (χ2v) is 4.08. The average Bonchev–Trinajstić information content (AvgIpc) is 2.81. The van der Waals surface area contributed by atoms with Crippen LogP contribution in [0.15, 0.2) is 24.4 Å². The number of rotatable bonds is 4. The molecular formula is C12H13N3O4. The van der Waals surface area contributed by atoms with Crippen LogP contribution in [0.4, 0.5) is 0 Å². The first-order valence-corrected chi connectivity index (χ1v) is 5.52. The van der Waals surface area contributed by atoms with Gasteiger partial charge in [-0.05, 0) is 12.1 Å². The molecule has 0 radical (unpaired) electrons. The van der Waals surface area contributed by atoms with Crippen molar-refractivity contribution in [3.63, 3.8) is 0 Å². The molecule has 7 nitrogen and oxygen atoms in total. The van der Waals surface area contributed by atoms with Crippen molar-refractivity contribution in [2.75, 3.05) is 0 Å². The molecule has 0 saturated carbocycles. The topological polar surface area (TPSA) is 132 Å². The van der Waals surface area contributed by atoms with E-state index in [-0.39, 0.29) is 17.9 Å². The van der Waals surface area contributed by atoms with Crippen LogP contribution in [0, 0.1) is 0 Å². The van der Waals surface area contributed by atoms with E-state index in [0.29, 0.717) is 17.1 Å². The lowest BCUT2D eigenvalue weighted by molar-refractivity contribution is -0.138. The molecule has 7 heteroatoms. The highest BCUT2D eigenvalue weighted by Gasteiger charge is 2.15. The number of imidazole rings is 1. The maximum absolute atomic E-state index is 10.6. The van der Waals surface area contributed by atoms with Crippen molar-refractivity contribution in [1.82, 2.24) is 9.97 Å². The molecule has 2 aromatic rings. The van der Waals surface area contributed by atoms with Gasteiger partial charge in [-0.25, -0.2) is 4.98 Å². The summed E-state index contributed by atoms with van der Waals surface area (Å²) in [6.07, 6.45) is 1.55. The van der Waals surface area contributed by atoms with Crippen molar-refractivity contribution in [3.8, 4) is 22.9 Å². The maximum atomic E-state index is 10.6. The summed E-state index contributed by atoms with van der Waals surface area (Å²) in [6.45, 7) is 0. The predicted octanol–water partition coefficient (Wildman–Crippen LogP) is 0.442. The fraction of sp³-hybridized carbons (Fsp3) is 0.167. The standard InChI is InChI=1S/C12H13N3O4/c13-8(12(18)19)4-6-5-14-11(15-6)7-2-1-3-9(16)10(7)17/h1-3,5,8,16-17H,4,13H2,(H,14,15)(H,18,19). The molecule has 0 aliphatic carbocycles. The van der Waals surface area contributed by atoms with E-state index >= 15 is 0 Å². The lowest BCUT2D eigenvalue weighted by Crippen LogP contribution is -2.32. The van der Waals surface area contributed by atoms with Gasteiger partial charge in [0.1, 0.15) is 11.9 Å². The number of benzene rings is 1. The molecule has 1 atom stereocenters. The lowest BCUT2D eigenvalue weighted by Gasteiger charge is -2.04. The Balaban J connectivity index is 2.26. The zero-order chi connectivity index (χ0) is 14.0. The summed E-state index contributed by atoms with van der Waals surface area (Å²) in [5.74, 6) is -1.30. The van der Waals surface area contributed by atoms with E-state index < -0.39 is 12.0 Å². The van der Waals surface area contributed by atoms with Crippen LogP contribution in [0.3, 0.4) is 0 Å². The summed E-state index contributed by atoms with van der Waals surface area (Å²) in [4.78, 5) is 17.5. The normalized spacial score (nSPS) is 12.3. The highest BCUT2D eigenvalue weighted by molar-refractivity contribution is 5.73. The van der Waals surface area contributed by atoms with E-state index in [1.165, 1.54) is 12.3 Å². The number of nitrogens with two attached hydrogens (primary N) is 1. The van der Waals surface area contributed by atoms with Gasteiger partial charge in [0.05, 0.1) is 5.56 Å². The Labute approximate surface area is 108 Å². The molecule has 2 rings (SSSR count). The fourth-order valence-corrected chi connectivity index (χ4v) is 1.65. The van der Waals surface area contributed by atoms with E-state index in [2.05, 4.69) is 9.97 Å². The van der Waals surface area contributed by atoms with E-state index in [1.807, 2.05) is 0 Å². The summed E-state index contributed by atoms with van der Waals surface area (Å²) in [7, 11) is 0. The van der Waals surface area contributed by atoms with Gasteiger partial charge in [0.15, 0.2) is 11.5 Å². The molecule has 0 fully saturated rings. The Hall–Kier alpha value is -2.54. The van der Waals surface area contributed by atoms with Crippen molar-refractivity contribution < 1.29 is 20.1 Å². The summed E-state index contributed by atoms with van der Waals surface area (Å²) < 4.78 is 0. The highest BCUT2D eigenvalue weighted by atomic mass is 16.4. The number of aromatic hydroxyl groups is 2. The van der Waals surface area contributed by atoms with Crippen LogP contribution in [0.5, 0.6) is 11.5 Å². The number of phenols is 2. The fourth-order valence-electron chi connectivity index (χ4n) is 1.65. The molecular weight excluding hydrogens is 250 g/mol. The third kappa shape index (κ3) is 2.66. The van der Waals surface area contributed by atoms with Crippen LogP contribution in [-0.4, -0.2) is 37.3 Å². The smallest absolute Gasteiger partial charge is 0.320 e. The van der Waals surface area contributed by atoms with Crippen LogP contribution in [0.25, 0.3) is 11.4 Å². The Kier molecular flexibility index (Phi) is 3.39. The monoisotopic (exact) mass is 263 g/mol. The summed E-state index contributed by atoms with van der Waals surface area (Å²) in [5.41, 5.74) is 6.28. The van der Waals surface area contributed by atoms with Gasteiger partial charge in [-0.3, -0.25) is 4.79 Å².